The van der Waals surface area contributed by atoms with Gasteiger partial charge in [0.05, 0.1) is 12.4 Å². The Bertz CT molecular complexity index is 578. The van der Waals surface area contributed by atoms with Gasteiger partial charge in [0.25, 0.3) is 0 Å². The van der Waals surface area contributed by atoms with Crippen LogP contribution in [0.5, 0.6) is 11.5 Å². The summed E-state index contributed by atoms with van der Waals surface area (Å²) in [7, 11) is 0. The summed E-state index contributed by atoms with van der Waals surface area (Å²) in [6, 6.07) is 5.95. The molecule has 0 bridgehead atoms. The maximum Gasteiger partial charge on any atom is 0.165 e. The number of hydrogen-bond donors (Lipinski definition) is 1. The molecular formula is C15H20ClN3O. The summed E-state index contributed by atoms with van der Waals surface area (Å²) in [6.07, 6.45) is 4.26. The van der Waals surface area contributed by atoms with Gasteiger partial charge in [-0.2, -0.15) is 5.10 Å². The summed E-state index contributed by atoms with van der Waals surface area (Å²) in [5, 5.41) is 4.94. The Morgan fingerprint density at radius 3 is 2.70 bits per heavy atom. The molecule has 0 aliphatic rings. The maximum atomic E-state index is 6.24. The monoisotopic (exact) mass is 293 g/mol. The van der Waals surface area contributed by atoms with Gasteiger partial charge in [0.15, 0.2) is 5.75 Å². The number of halogens is 1. The molecule has 0 aliphatic carbocycles. The number of nitrogens with zero attached hydrogens (tertiary/aromatic N) is 2. The van der Waals surface area contributed by atoms with Crippen LogP contribution in [0.4, 0.5) is 0 Å². The van der Waals surface area contributed by atoms with Gasteiger partial charge in [-0.15, -0.1) is 0 Å². The highest BCUT2D eigenvalue weighted by Crippen LogP contribution is 2.31. The fourth-order valence-electron chi connectivity index (χ4n) is 1.94. The Hall–Kier alpha value is -1.52. The third-order valence-corrected chi connectivity index (χ3v) is 3.29. The highest BCUT2D eigenvalue weighted by atomic mass is 35.5. The third-order valence-electron chi connectivity index (χ3n) is 2.94. The van der Waals surface area contributed by atoms with Gasteiger partial charge in [-0.25, -0.2) is 0 Å². The maximum absolute atomic E-state index is 6.24. The van der Waals surface area contributed by atoms with Gasteiger partial charge in [-0.1, -0.05) is 17.7 Å². The van der Waals surface area contributed by atoms with Gasteiger partial charge in [0.1, 0.15) is 5.75 Å². The van der Waals surface area contributed by atoms with E-state index < -0.39 is 0 Å². The average Bonchev–Trinajstić information content (AvgIpc) is 2.82. The molecule has 4 nitrogen and oxygen atoms in total. The molecule has 5 heteroatoms. The molecule has 0 spiro atoms. The molecule has 0 radical (unpaired) electrons. The van der Waals surface area contributed by atoms with Crippen LogP contribution in [0.3, 0.4) is 0 Å². The van der Waals surface area contributed by atoms with Crippen molar-refractivity contribution in [2.45, 2.75) is 39.3 Å². The Morgan fingerprint density at radius 1 is 1.35 bits per heavy atom. The average molecular weight is 294 g/mol. The van der Waals surface area contributed by atoms with Crippen molar-refractivity contribution in [2.24, 2.45) is 5.73 Å². The minimum atomic E-state index is 0.0237. The van der Waals surface area contributed by atoms with E-state index in [1.165, 1.54) is 0 Å². The van der Waals surface area contributed by atoms with E-state index >= 15 is 0 Å². The molecule has 2 N–H and O–H groups in total. The lowest BCUT2D eigenvalue weighted by atomic mass is 10.1. The second-order valence-electron chi connectivity index (χ2n) is 5.25. The quantitative estimate of drug-likeness (QED) is 0.912. The van der Waals surface area contributed by atoms with E-state index in [1.807, 2.05) is 36.0 Å². The van der Waals surface area contributed by atoms with Crippen molar-refractivity contribution >= 4 is 11.6 Å². The van der Waals surface area contributed by atoms with Crippen molar-refractivity contribution in [3.8, 4) is 11.5 Å². The molecule has 0 aliphatic heterocycles. The van der Waals surface area contributed by atoms with Crippen LogP contribution in [-0.4, -0.2) is 15.8 Å². The number of rotatable bonds is 5. The van der Waals surface area contributed by atoms with Crippen LogP contribution in [0.1, 0.15) is 32.4 Å². The molecule has 0 saturated heterocycles. The predicted octanol–water partition coefficient (Wildman–Crippen LogP) is 3.80. The summed E-state index contributed by atoms with van der Waals surface area (Å²) in [5.74, 6) is 1.44. The Balaban J connectivity index is 2.25. The van der Waals surface area contributed by atoms with Crippen LogP contribution in [0.2, 0.25) is 5.02 Å². The molecule has 20 heavy (non-hydrogen) atoms. The first-order valence-electron chi connectivity index (χ1n) is 6.72. The third kappa shape index (κ3) is 3.52. The van der Waals surface area contributed by atoms with E-state index in [0.29, 0.717) is 23.2 Å². The Labute approximate surface area is 124 Å². The second kappa shape index (κ2) is 6.29. The van der Waals surface area contributed by atoms with Crippen LogP contribution in [0.15, 0.2) is 30.6 Å². The van der Waals surface area contributed by atoms with Crippen molar-refractivity contribution in [2.75, 3.05) is 0 Å². The predicted molar refractivity (Wildman–Crippen MR) is 81.5 cm³/mol. The molecule has 0 amide bonds. The largest absolute Gasteiger partial charge is 0.454 e. The van der Waals surface area contributed by atoms with Crippen molar-refractivity contribution in [3.63, 3.8) is 0 Å². The lowest BCUT2D eigenvalue weighted by Gasteiger charge is -2.13. The molecule has 0 saturated carbocycles. The number of ether oxygens (including phenoxy) is 1. The molecule has 1 aromatic carbocycles. The molecule has 2 aromatic rings. The lowest BCUT2D eigenvalue weighted by molar-refractivity contribution is 0.469. The van der Waals surface area contributed by atoms with Crippen molar-refractivity contribution in [3.05, 3.63) is 41.2 Å². The van der Waals surface area contributed by atoms with E-state index in [-0.39, 0.29) is 6.04 Å². The number of benzene rings is 1. The topological polar surface area (TPSA) is 53.1 Å². The summed E-state index contributed by atoms with van der Waals surface area (Å²) in [4.78, 5) is 0. The van der Waals surface area contributed by atoms with Gasteiger partial charge in [-0.3, -0.25) is 4.68 Å². The van der Waals surface area contributed by atoms with E-state index in [1.54, 1.807) is 6.20 Å². The van der Waals surface area contributed by atoms with E-state index in [4.69, 9.17) is 22.1 Å². The van der Waals surface area contributed by atoms with Crippen molar-refractivity contribution in [1.82, 2.24) is 9.78 Å². The zero-order chi connectivity index (χ0) is 14.7. The zero-order valence-electron chi connectivity index (χ0n) is 12.0. The first kappa shape index (κ1) is 14.9. The van der Waals surface area contributed by atoms with Crippen LogP contribution in [0, 0.1) is 0 Å². The Morgan fingerprint density at radius 2 is 2.10 bits per heavy atom. The van der Waals surface area contributed by atoms with E-state index in [2.05, 4.69) is 18.9 Å². The smallest absolute Gasteiger partial charge is 0.165 e. The highest BCUT2D eigenvalue weighted by molar-refractivity contribution is 6.31. The van der Waals surface area contributed by atoms with Gasteiger partial charge >= 0.3 is 0 Å². The van der Waals surface area contributed by atoms with E-state index in [9.17, 15) is 0 Å². The fraction of sp³-hybridized carbons (Fsp3) is 0.400. The van der Waals surface area contributed by atoms with Crippen molar-refractivity contribution < 1.29 is 4.74 Å². The molecule has 1 aromatic heterocycles. The molecule has 0 fully saturated rings. The number of nitrogens with two attached hydrogens (primary N) is 1. The number of hydrogen-bond acceptors (Lipinski definition) is 3. The minimum Gasteiger partial charge on any atom is -0.454 e. The first-order valence-corrected chi connectivity index (χ1v) is 7.10. The van der Waals surface area contributed by atoms with Crippen LogP contribution in [0.25, 0.3) is 0 Å². The summed E-state index contributed by atoms with van der Waals surface area (Å²) < 4.78 is 7.75. The van der Waals surface area contributed by atoms with Crippen molar-refractivity contribution in [1.29, 1.82) is 0 Å². The van der Waals surface area contributed by atoms with Crippen LogP contribution < -0.4 is 10.5 Å². The van der Waals surface area contributed by atoms with Gasteiger partial charge < -0.3 is 10.5 Å². The molecule has 108 valence electrons. The highest BCUT2D eigenvalue weighted by Gasteiger charge is 2.12. The molecule has 2 rings (SSSR count). The van der Waals surface area contributed by atoms with Crippen LogP contribution >= 0.6 is 11.6 Å². The summed E-state index contributed by atoms with van der Waals surface area (Å²) in [6.45, 7) is 6.08. The second-order valence-corrected chi connectivity index (χ2v) is 5.66. The normalized spacial score (nSPS) is 12.7. The molecule has 1 unspecified atom stereocenters. The number of aromatic nitrogens is 2. The summed E-state index contributed by atoms with van der Waals surface area (Å²) >= 11 is 6.24. The van der Waals surface area contributed by atoms with Crippen LogP contribution in [-0.2, 0) is 6.42 Å². The minimum absolute atomic E-state index is 0.0237. The van der Waals surface area contributed by atoms with E-state index in [0.717, 1.165) is 11.3 Å². The SMILES string of the molecule is CC(N)Cc1c(Cl)cccc1Oc1cnn(C(C)C)c1. The summed E-state index contributed by atoms with van der Waals surface area (Å²) in [5.41, 5.74) is 6.80. The van der Waals surface area contributed by atoms with Gasteiger partial charge in [-0.05, 0) is 39.3 Å². The fourth-order valence-corrected chi connectivity index (χ4v) is 2.18. The standard InChI is InChI=1S/C15H20ClN3O/c1-10(2)19-9-12(8-18-19)20-15-6-4-5-14(16)13(15)7-11(3)17/h4-6,8-11H,7,17H2,1-3H3. The zero-order valence-corrected chi connectivity index (χ0v) is 12.8. The van der Waals surface area contributed by atoms with Gasteiger partial charge in [0.2, 0.25) is 0 Å². The first-order chi connectivity index (χ1) is 9.47. The molecular weight excluding hydrogens is 274 g/mol. The Kier molecular flexibility index (Phi) is 4.68. The molecule has 1 heterocycles. The van der Waals surface area contributed by atoms with Gasteiger partial charge in [0, 0.05) is 22.7 Å². The lowest BCUT2D eigenvalue weighted by Crippen LogP contribution is -2.18. The molecule has 1 atom stereocenters.